The average molecular weight is 365 g/mol. The number of carbonyl (C=O) groups excluding carboxylic acids is 1. The van der Waals surface area contributed by atoms with Crippen LogP contribution >= 0.6 is 0 Å². The van der Waals surface area contributed by atoms with E-state index in [0.717, 1.165) is 6.07 Å². The molecule has 2 aromatic rings. The first kappa shape index (κ1) is 17.9. The SMILES string of the molecule is COc1cccc(NC(=O)N2CCN(c3ccc(F)c(F)c3F)CC2)c1. The minimum Gasteiger partial charge on any atom is -0.497 e. The van der Waals surface area contributed by atoms with E-state index in [-0.39, 0.29) is 11.7 Å². The zero-order chi connectivity index (χ0) is 18.7. The molecular formula is C18H18F3N3O2. The molecule has 0 radical (unpaired) electrons. The van der Waals surface area contributed by atoms with Crippen molar-refractivity contribution in [3.05, 3.63) is 53.8 Å². The molecule has 0 unspecified atom stereocenters. The van der Waals surface area contributed by atoms with Crippen LogP contribution in [0.1, 0.15) is 0 Å². The fraction of sp³-hybridized carbons (Fsp3) is 0.278. The van der Waals surface area contributed by atoms with E-state index in [2.05, 4.69) is 5.32 Å². The second-order valence-electron chi connectivity index (χ2n) is 5.83. The first-order chi connectivity index (χ1) is 12.5. The molecule has 1 heterocycles. The van der Waals surface area contributed by atoms with Crippen LogP contribution in [0.15, 0.2) is 36.4 Å². The molecule has 3 rings (SSSR count). The van der Waals surface area contributed by atoms with E-state index in [1.807, 2.05) is 0 Å². The van der Waals surface area contributed by atoms with Crippen molar-refractivity contribution >= 4 is 17.4 Å². The third-order valence-corrected chi connectivity index (χ3v) is 4.24. The number of nitrogens with zero attached hydrogens (tertiary/aromatic N) is 2. The van der Waals surface area contributed by atoms with E-state index < -0.39 is 17.5 Å². The van der Waals surface area contributed by atoms with Gasteiger partial charge in [0.2, 0.25) is 0 Å². The van der Waals surface area contributed by atoms with E-state index in [1.165, 1.54) is 13.2 Å². The van der Waals surface area contributed by atoms with E-state index in [0.29, 0.717) is 37.6 Å². The van der Waals surface area contributed by atoms with Gasteiger partial charge in [0.15, 0.2) is 17.5 Å². The van der Waals surface area contributed by atoms with Gasteiger partial charge in [0.1, 0.15) is 5.75 Å². The maximum Gasteiger partial charge on any atom is 0.321 e. The molecule has 0 spiro atoms. The smallest absolute Gasteiger partial charge is 0.321 e. The number of urea groups is 1. The summed E-state index contributed by atoms with van der Waals surface area (Å²) >= 11 is 0. The second kappa shape index (κ2) is 7.55. The lowest BCUT2D eigenvalue weighted by atomic mass is 10.2. The molecule has 2 aromatic carbocycles. The Balaban J connectivity index is 1.61. The zero-order valence-corrected chi connectivity index (χ0v) is 14.1. The summed E-state index contributed by atoms with van der Waals surface area (Å²) in [6.45, 7) is 1.28. The lowest BCUT2D eigenvalue weighted by molar-refractivity contribution is 0.208. The van der Waals surface area contributed by atoms with Gasteiger partial charge in [-0.1, -0.05) is 6.07 Å². The molecular weight excluding hydrogens is 347 g/mol. The Kier molecular flexibility index (Phi) is 5.20. The van der Waals surface area contributed by atoms with Crippen LogP contribution in [-0.2, 0) is 0 Å². The van der Waals surface area contributed by atoms with Gasteiger partial charge in [-0.3, -0.25) is 0 Å². The lowest BCUT2D eigenvalue weighted by Crippen LogP contribution is -2.50. The molecule has 0 saturated carbocycles. The van der Waals surface area contributed by atoms with Gasteiger partial charge in [-0.15, -0.1) is 0 Å². The highest BCUT2D eigenvalue weighted by atomic mass is 19.2. The van der Waals surface area contributed by atoms with Crippen LogP contribution < -0.4 is 15.0 Å². The fourth-order valence-corrected chi connectivity index (χ4v) is 2.81. The predicted octanol–water partition coefficient (Wildman–Crippen LogP) is 3.47. The Morgan fingerprint density at radius 2 is 1.77 bits per heavy atom. The van der Waals surface area contributed by atoms with Gasteiger partial charge < -0.3 is 19.9 Å². The van der Waals surface area contributed by atoms with Crippen molar-refractivity contribution in [3.8, 4) is 5.75 Å². The van der Waals surface area contributed by atoms with Gasteiger partial charge in [-0.2, -0.15) is 0 Å². The molecule has 0 bridgehead atoms. The lowest BCUT2D eigenvalue weighted by Gasteiger charge is -2.36. The highest BCUT2D eigenvalue weighted by Crippen LogP contribution is 2.25. The van der Waals surface area contributed by atoms with Crippen molar-refractivity contribution in [1.29, 1.82) is 0 Å². The number of halogens is 3. The van der Waals surface area contributed by atoms with Gasteiger partial charge in [0.25, 0.3) is 0 Å². The quantitative estimate of drug-likeness (QED) is 0.848. The first-order valence-electron chi connectivity index (χ1n) is 8.08. The highest BCUT2D eigenvalue weighted by Gasteiger charge is 2.25. The largest absolute Gasteiger partial charge is 0.497 e. The molecule has 8 heteroatoms. The number of carbonyl (C=O) groups is 1. The van der Waals surface area contributed by atoms with Crippen LogP contribution in [0.5, 0.6) is 5.75 Å². The third-order valence-electron chi connectivity index (χ3n) is 4.24. The van der Waals surface area contributed by atoms with Crippen LogP contribution in [-0.4, -0.2) is 44.2 Å². The number of anilines is 2. The summed E-state index contributed by atoms with van der Waals surface area (Å²) in [5.41, 5.74) is 0.597. The summed E-state index contributed by atoms with van der Waals surface area (Å²) < 4.78 is 45.5. The van der Waals surface area contributed by atoms with Crippen molar-refractivity contribution < 1.29 is 22.7 Å². The Hall–Kier alpha value is -2.90. The van der Waals surface area contributed by atoms with Gasteiger partial charge in [-0.05, 0) is 24.3 Å². The Morgan fingerprint density at radius 1 is 1.04 bits per heavy atom. The number of amides is 2. The molecule has 138 valence electrons. The summed E-state index contributed by atoms with van der Waals surface area (Å²) in [6.07, 6.45) is 0. The van der Waals surface area contributed by atoms with Crippen molar-refractivity contribution in [1.82, 2.24) is 4.90 Å². The molecule has 0 aromatic heterocycles. The minimum atomic E-state index is -1.49. The van der Waals surface area contributed by atoms with Crippen molar-refractivity contribution in [2.75, 3.05) is 43.5 Å². The standard InChI is InChI=1S/C18H18F3N3O2/c1-26-13-4-2-3-12(11-13)22-18(25)24-9-7-23(8-10-24)15-6-5-14(19)16(20)17(15)21/h2-6,11H,7-10H2,1H3,(H,22,25). The molecule has 1 N–H and O–H groups in total. The first-order valence-corrected chi connectivity index (χ1v) is 8.08. The van der Waals surface area contributed by atoms with Crippen LogP contribution in [0.3, 0.4) is 0 Å². The van der Waals surface area contributed by atoms with Crippen LogP contribution in [0.4, 0.5) is 29.3 Å². The molecule has 0 atom stereocenters. The Labute approximate surface area is 149 Å². The van der Waals surface area contributed by atoms with E-state index in [1.54, 1.807) is 34.1 Å². The van der Waals surface area contributed by atoms with Gasteiger partial charge in [0, 0.05) is 37.9 Å². The monoisotopic (exact) mass is 365 g/mol. The van der Waals surface area contributed by atoms with Gasteiger partial charge >= 0.3 is 6.03 Å². The minimum absolute atomic E-state index is 0.00301. The van der Waals surface area contributed by atoms with Crippen LogP contribution in [0.2, 0.25) is 0 Å². The molecule has 1 aliphatic rings. The zero-order valence-electron chi connectivity index (χ0n) is 14.1. The summed E-state index contributed by atoms with van der Waals surface area (Å²) in [5.74, 6) is -3.29. The van der Waals surface area contributed by atoms with Crippen LogP contribution in [0.25, 0.3) is 0 Å². The summed E-state index contributed by atoms with van der Waals surface area (Å²) in [4.78, 5) is 15.5. The van der Waals surface area contributed by atoms with Gasteiger partial charge in [0.05, 0.1) is 12.8 Å². The number of nitrogens with one attached hydrogen (secondary N) is 1. The molecule has 26 heavy (non-hydrogen) atoms. The molecule has 1 saturated heterocycles. The number of hydrogen-bond acceptors (Lipinski definition) is 3. The summed E-state index contributed by atoms with van der Waals surface area (Å²) in [6, 6.07) is 8.79. The Bertz CT molecular complexity index is 808. The predicted molar refractivity (Wildman–Crippen MR) is 92.1 cm³/mol. The highest BCUT2D eigenvalue weighted by molar-refractivity contribution is 5.89. The number of ether oxygens (including phenoxy) is 1. The summed E-state index contributed by atoms with van der Waals surface area (Å²) in [5, 5.41) is 2.77. The molecule has 5 nitrogen and oxygen atoms in total. The Morgan fingerprint density at radius 3 is 2.46 bits per heavy atom. The average Bonchev–Trinajstić information content (AvgIpc) is 2.66. The molecule has 1 fully saturated rings. The fourth-order valence-electron chi connectivity index (χ4n) is 2.81. The van der Waals surface area contributed by atoms with Gasteiger partial charge in [-0.25, -0.2) is 18.0 Å². The maximum absolute atomic E-state index is 13.9. The maximum atomic E-state index is 13.9. The van der Waals surface area contributed by atoms with Crippen molar-refractivity contribution in [2.24, 2.45) is 0 Å². The van der Waals surface area contributed by atoms with E-state index in [4.69, 9.17) is 4.74 Å². The third kappa shape index (κ3) is 3.68. The number of piperazine rings is 1. The number of hydrogen-bond donors (Lipinski definition) is 1. The number of rotatable bonds is 3. The topological polar surface area (TPSA) is 44.8 Å². The second-order valence-corrected chi connectivity index (χ2v) is 5.83. The van der Waals surface area contributed by atoms with E-state index in [9.17, 15) is 18.0 Å². The number of methoxy groups -OCH3 is 1. The van der Waals surface area contributed by atoms with E-state index >= 15 is 0 Å². The van der Waals surface area contributed by atoms with Crippen molar-refractivity contribution in [3.63, 3.8) is 0 Å². The number of benzene rings is 2. The summed E-state index contributed by atoms with van der Waals surface area (Å²) in [7, 11) is 1.54. The van der Waals surface area contributed by atoms with Crippen LogP contribution in [0, 0.1) is 17.5 Å². The molecule has 2 amide bonds. The van der Waals surface area contributed by atoms with Crippen molar-refractivity contribution in [2.45, 2.75) is 0 Å². The molecule has 1 aliphatic heterocycles. The normalized spacial score (nSPS) is 14.3. The molecule has 0 aliphatic carbocycles.